The number of rotatable bonds is 9. The van der Waals surface area contributed by atoms with Crippen LogP contribution in [0.3, 0.4) is 0 Å². The summed E-state index contributed by atoms with van der Waals surface area (Å²) in [5.41, 5.74) is 0.810. The molecule has 7 heteroatoms. The highest BCUT2D eigenvalue weighted by Gasteiger charge is 2.21. The van der Waals surface area contributed by atoms with Gasteiger partial charge in [-0.1, -0.05) is 37.3 Å². The molecule has 2 N–H and O–H groups in total. The van der Waals surface area contributed by atoms with Crippen LogP contribution < -0.4 is 5.32 Å². The van der Waals surface area contributed by atoms with Crippen molar-refractivity contribution in [2.24, 2.45) is 0 Å². The van der Waals surface area contributed by atoms with Crippen LogP contribution >= 0.6 is 7.37 Å². The van der Waals surface area contributed by atoms with Crippen molar-refractivity contribution in [1.82, 2.24) is 5.32 Å². The van der Waals surface area contributed by atoms with Gasteiger partial charge >= 0.3 is 5.97 Å². The first-order valence-corrected chi connectivity index (χ1v) is 9.37. The van der Waals surface area contributed by atoms with E-state index in [1.165, 1.54) is 6.66 Å². The Hall–Kier alpha value is -1.65. The van der Waals surface area contributed by atoms with Crippen molar-refractivity contribution in [1.29, 1.82) is 0 Å². The van der Waals surface area contributed by atoms with Crippen LogP contribution in [0.5, 0.6) is 0 Å². The Bertz CT molecular complexity index is 546. The Balaban J connectivity index is 2.48. The fraction of sp³-hybridized carbons (Fsp3) is 0.467. The lowest BCUT2D eigenvalue weighted by molar-refractivity contribution is -0.142. The number of hydrogen-bond donors (Lipinski definition) is 2. The minimum Gasteiger partial charge on any atom is -0.480 e. The van der Waals surface area contributed by atoms with E-state index in [0.717, 1.165) is 5.56 Å². The first kappa shape index (κ1) is 18.4. The van der Waals surface area contributed by atoms with Gasteiger partial charge in [-0.15, -0.1) is 0 Å². The van der Waals surface area contributed by atoms with Crippen LogP contribution in [0.2, 0.25) is 0 Å². The summed E-state index contributed by atoms with van der Waals surface area (Å²) >= 11 is 0. The molecule has 0 bridgehead atoms. The zero-order valence-electron chi connectivity index (χ0n) is 12.8. The lowest BCUT2D eigenvalue weighted by Crippen LogP contribution is -2.42. The Morgan fingerprint density at radius 3 is 2.50 bits per heavy atom. The molecule has 1 amide bonds. The lowest BCUT2D eigenvalue weighted by Gasteiger charge is -2.16. The number of amides is 1. The molecule has 1 aromatic carbocycles. The molecule has 1 aromatic rings. The van der Waals surface area contributed by atoms with Gasteiger partial charge < -0.3 is 14.9 Å². The quantitative estimate of drug-likeness (QED) is 0.678. The van der Waals surface area contributed by atoms with Gasteiger partial charge in [0.05, 0.1) is 13.0 Å². The van der Waals surface area contributed by atoms with Gasteiger partial charge in [-0.2, -0.15) is 0 Å². The molecule has 2 atom stereocenters. The fourth-order valence-corrected chi connectivity index (χ4v) is 2.41. The molecule has 1 rings (SSSR count). The summed E-state index contributed by atoms with van der Waals surface area (Å²) in [6, 6.07) is 8.02. The Morgan fingerprint density at radius 2 is 1.95 bits per heavy atom. The zero-order valence-corrected chi connectivity index (χ0v) is 13.7. The maximum absolute atomic E-state index is 11.9. The van der Waals surface area contributed by atoms with Crippen molar-refractivity contribution >= 4 is 19.2 Å². The Kier molecular flexibility index (Phi) is 7.28. The van der Waals surface area contributed by atoms with Crippen molar-refractivity contribution in [3.8, 4) is 0 Å². The number of carbonyl (C=O) groups excluding carboxylic acids is 1. The second kappa shape index (κ2) is 8.71. The minimum atomic E-state index is -2.65. The molecule has 0 aromatic heterocycles. The monoisotopic (exact) mass is 327 g/mol. The van der Waals surface area contributed by atoms with E-state index in [0.29, 0.717) is 6.16 Å². The summed E-state index contributed by atoms with van der Waals surface area (Å²) in [6.45, 7) is 3.29. The summed E-state index contributed by atoms with van der Waals surface area (Å²) < 4.78 is 16.9. The first-order valence-electron chi connectivity index (χ1n) is 7.11. The maximum Gasteiger partial charge on any atom is 0.326 e. The molecular weight excluding hydrogens is 305 g/mol. The van der Waals surface area contributed by atoms with Crippen molar-refractivity contribution in [3.63, 3.8) is 0 Å². The van der Waals surface area contributed by atoms with Gasteiger partial charge in [0, 0.05) is 19.2 Å². The van der Waals surface area contributed by atoms with Crippen LogP contribution in [0.1, 0.15) is 18.9 Å². The second-order valence-corrected chi connectivity index (χ2v) is 7.99. The van der Waals surface area contributed by atoms with Gasteiger partial charge in [-0.25, -0.2) is 4.79 Å². The van der Waals surface area contributed by atoms with Gasteiger partial charge in [0.2, 0.25) is 5.91 Å². The molecule has 0 fully saturated rings. The summed E-state index contributed by atoms with van der Waals surface area (Å²) in [6.07, 6.45) is 0.589. The number of nitrogens with one attached hydrogen (secondary N) is 1. The average Bonchev–Trinajstić information content (AvgIpc) is 2.47. The van der Waals surface area contributed by atoms with Crippen LogP contribution in [0.4, 0.5) is 0 Å². The van der Waals surface area contributed by atoms with E-state index in [4.69, 9.17) is 9.63 Å². The average molecular weight is 327 g/mol. The molecule has 0 saturated carbocycles. The van der Waals surface area contributed by atoms with Gasteiger partial charge in [0.25, 0.3) is 0 Å². The van der Waals surface area contributed by atoms with E-state index in [9.17, 15) is 14.2 Å². The van der Waals surface area contributed by atoms with E-state index in [-0.39, 0.29) is 25.4 Å². The number of aliphatic carboxylic acids is 1. The molecule has 0 aliphatic rings. The van der Waals surface area contributed by atoms with E-state index in [2.05, 4.69) is 5.32 Å². The van der Waals surface area contributed by atoms with E-state index in [1.54, 1.807) is 19.1 Å². The number of hydrogen-bond acceptors (Lipinski definition) is 4. The molecule has 6 nitrogen and oxygen atoms in total. The fourth-order valence-electron chi connectivity index (χ4n) is 1.74. The van der Waals surface area contributed by atoms with Crippen LogP contribution in [-0.4, -0.2) is 42.5 Å². The van der Waals surface area contributed by atoms with Crippen molar-refractivity contribution < 1.29 is 23.8 Å². The van der Waals surface area contributed by atoms with Crippen molar-refractivity contribution in [3.05, 3.63) is 35.9 Å². The van der Waals surface area contributed by atoms with Gasteiger partial charge in [0.1, 0.15) is 6.04 Å². The van der Waals surface area contributed by atoms with Crippen LogP contribution in [0.25, 0.3) is 0 Å². The molecule has 0 spiro atoms. The highest BCUT2D eigenvalue weighted by molar-refractivity contribution is 7.58. The number of benzene rings is 1. The molecular formula is C15H22NO5P. The molecule has 0 aliphatic carbocycles. The third-order valence-corrected chi connectivity index (χ3v) is 5.06. The normalized spacial score (nSPS) is 14.8. The molecule has 2 unspecified atom stereocenters. The topological polar surface area (TPSA) is 92.7 Å². The maximum atomic E-state index is 11.9. The van der Waals surface area contributed by atoms with E-state index >= 15 is 0 Å². The number of carboxylic acid groups (broad SMARTS) is 1. The predicted octanol–water partition coefficient (Wildman–Crippen LogP) is 2.13. The van der Waals surface area contributed by atoms with Crippen molar-refractivity contribution in [2.45, 2.75) is 25.8 Å². The largest absolute Gasteiger partial charge is 0.480 e. The van der Waals surface area contributed by atoms with Gasteiger partial charge in [-0.05, 0) is 5.56 Å². The lowest BCUT2D eigenvalue weighted by atomic mass is 10.1. The SMILES string of the molecule is CCP(C)(=O)OCCC(NC(=O)Cc1ccccc1)C(=O)O. The summed E-state index contributed by atoms with van der Waals surface area (Å²) in [5, 5.41) is 11.6. The molecule has 122 valence electrons. The Labute approximate surface area is 130 Å². The first-order chi connectivity index (χ1) is 10.3. The highest BCUT2D eigenvalue weighted by atomic mass is 31.2. The van der Waals surface area contributed by atoms with Gasteiger partial charge in [0.15, 0.2) is 7.37 Å². The van der Waals surface area contributed by atoms with E-state index < -0.39 is 19.4 Å². The van der Waals surface area contributed by atoms with Crippen LogP contribution in [0, 0.1) is 0 Å². The molecule has 0 aliphatic heterocycles. The summed E-state index contributed by atoms with van der Waals surface area (Å²) in [4.78, 5) is 23.0. The third kappa shape index (κ3) is 6.87. The third-order valence-electron chi connectivity index (χ3n) is 3.19. The smallest absolute Gasteiger partial charge is 0.326 e. The highest BCUT2D eigenvalue weighted by Crippen LogP contribution is 2.41. The Morgan fingerprint density at radius 1 is 1.32 bits per heavy atom. The van der Waals surface area contributed by atoms with Gasteiger partial charge in [-0.3, -0.25) is 9.36 Å². The number of carboxylic acids is 1. The number of carbonyl (C=O) groups is 2. The molecule has 0 heterocycles. The van der Waals surface area contributed by atoms with Crippen LogP contribution in [0.15, 0.2) is 30.3 Å². The summed E-state index contributed by atoms with van der Waals surface area (Å²) in [7, 11) is -2.65. The van der Waals surface area contributed by atoms with E-state index in [1.807, 2.05) is 18.2 Å². The minimum absolute atomic E-state index is 0.0319. The molecule has 0 radical (unpaired) electrons. The summed E-state index contributed by atoms with van der Waals surface area (Å²) in [5.74, 6) is -1.50. The molecule has 22 heavy (non-hydrogen) atoms. The standard InChI is InChI=1S/C15H22NO5P/c1-3-22(2,20)21-10-9-13(15(18)19)16-14(17)11-12-7-5-4-6-8-12/h4-8,13H,3,9-11H2,1-2H3,(H,16,17)(H,18,19). The van der Waals surface area contributed by atoms with Crippen molar-refractivity contribution in [2.75, 3.05) is 19.4 Å². The second-order valence-electron chi connectivity index (χ2n) is 5.07. The predicted molar refractivity (Wildman–Crippen MR) is 84.4 cm³/mol. The zero-order chi connectivity index (χ0) is 16.6. The van der Waals surface area contributed by atoms with Crippen LogP contribution in [-0.2, 0) is 25.1 Å². The molecule has 0 saturated heterocycles.